The van der Waals surface area contributed by atoms with E-state index in [0.29, 0.717) is 38.8 Å². The molecule has 0 radical (unpaired) electrons. The topological polar surface area (TPSA) is 82.5 Å². The van der Waals surface area contributed by atoms with Crippen molar-refractivity contribution in [2.75, 3.05) is 6.54 Å². The molecule has 1 heterocycles. The van der Waals surface area contributed by atoms with Crippen molar-refractivity contribution in [3.8, 4) is 0 Å². The standard InChI is InChI=1S/C15H22N2O3/c1-11-3-2-4-13(17-11)9-16-10-15(20)7-5-12(6-8-15)14(18)19/h2-4,12,16,20H,5-10H2,1H3,(H,18,19). The van der Waals surface area contributed by atoms with Crippen LogP contribution in [0, 0.1) is 12.8 Å². The number of aliphatic carboxylic acids is 1. The van der Waals surface area contributed by atoms with Gasteiger partial charge in [0.15, 0.2) is 0 Å². The summed E-state index contributed by atoms with van der Waals surface area (Å²) in [6.45, 7) is 3.05. The molecule has 3 N–H and O–H groups in total. The summed E-state index contributed by atoms with van der Waals surface area (Å²) in [5.74, 6) is -1.04. The van der Waals surface area contributed by atoms with Gasteiger partial charge in [0, 0.05) is 18.8 Å². The number of nitrogens with zero attached hydrogens (tertiary/aromatic N) is 1. The number of hydrogen-bond donors (Lipinski definition) is 3. The smallest absolute Gasteiger partial charge is 0.306 e. The van der Waals surface area contributed by atoms with Gasteiger partial charge in [-0.05, 0) is 44.7 Å². The maximum Gasteiger partial charge on any atom is 0.306 e. The Kier molecular flexibility index (Phi) is 4.73. The molecule has 2 rings (SSSR count). The zero-order valence-electron chi connectivity index (χ0n) is 11.8. The van der Waals surface area contributed by atoms with Crippen molar-refractivity contribution in [2.45, 2.75) is 44.8 Å². The van der Waals surface area contributed by atoms with Gasteiger partial charge in [0.1, 0.15) is 0 Å². The molecule has 1 aliphatic carbocycles. The SMILES string of the molecule is Cc1cccc(CNCC2(O)CCC(C(=O)O)CC2)n1. The third kappa shape index (κ3) is 4.02. The molecule has 5 heteroatoms. The molecular weight excluding hydrogens is 256 g/mol. The summed E-state index contributed by atoms with van der Waals surface area (Å²) in [6.07, 6.45) is 2.18. The first-order valence-electron chi connectivity index (χ1n) is 7.07. The number of aryl methyl sites for hydroxylation is 1. The zero-order chi connectivity index (χ0) is 14.6. The Morgan fingerprint density at radius 1 is 1.45 bits per heavy atom. The van der Waals surface area contributed by atoms with Crippen molar-refractivity contribution < 1.29 is 15.0 Å². The number of aliphatic hydroxyl groups is 1. The Labute approximate surface area is 119 Å². The van der Waals surface area contributed by atoms with Crippen molar-refractivity contribution >= 4 is 5.97 Å². The summed E-state index contributed by atoms with van der Waals surface area (Å²) in [5, 5.41) is 22.6. The first kappa shape index (κ1) is 14.9. The number of nitrogens with one attached hydrogen (secondary N) is 1. The van der Waals surface area contributed by atoms with E-state index in [1.165, 1.54) is 0 Å². The third-order valence-electron chi connectivity index (χ3n) is 3.97. The molecule has 1 saturated carbocycles. The molecule has 1 fully saturated rings. The number of aromatic nitrogens is 1. The maximum atomic E-state index is 10.9. The van der Waals surface area contributed by atoms with E-state index >= 15 is 0 Å². The van der Waals surface area contributed by atoms with Crippen LogP contribution >= 0.6 is 0 Å². The molecule has 0 atom stereocenters. The summed E-state index contributed by atoms with van der Waals surface area (Å²) in [4.78, 5) is 15.3. The lowest BCUT2D eigenvalue weighted by Gasteiger charge is -2.34. The number of carboxylic acid groups (broad SMARTS) is 1. The lowest BCUT2D eigenvalue weighted by atomic mass is 9.79. The fourth-order valence-electron chi connectivity index (χ4n) is 2.70. The van der Waals surface area contributed by atoms with E-state index in [1.807, 2.05) is 25.1 Å². The highest BCUT2D eigenvalue weighted by atomic mass is 16.4. The molecule has 1 aliphatic rings. The van der Waals surface area contributed by atoms with Crippen LogP contribution in [0.1, 0.15) is 37.1 Å². The number of carboxylic acids is 1. The fourth-order valence-corrected chi connectivity index (χ4v) is 2.70. The maximum absolute atomic E-state index is 10.9. The van der Waals surface area contributed by atoms with Gasteiger partial charge < -0.3 is 15.5 Å². The van der Waals surface area contributed by atoms with Gasteiger partial charge in [0.2, 0.25) is 0 Å². The van der Waals surface area contributed by atoms with Crippen molar-refractivity contribution in [1.29, 1.82) is 0 Å². The molecule has 0 unspecified atom stereocenters. The monoisotopic (exact) mass is 278 g/mol. The van der Waals surface area contributed by atoms with E-state index in [4.69, 9.17) is 5.11 Å². The molecule has 0 bridgehead atoms. The van der Waals surface area contributed by atoms with Gasteiger partial charge in [-0.1, -0.05) is 6.07 Å². The Hall–Kier alpha value is -1.46. The second-order valence-corrected chi connectivity index (χ2v) is 5.71. The first-order chi connectivity index (χ1) is 9.48. The van der Waals surface area contributed by atoms with Crippen LogP contribution in [0.25, 0.3) is 0 Å². The van der Waals surface area contributed by atoms with E-state index in [9.17, 15) is 9.90 Å². The summed E-state index contributed by atoms with van der Waals surface area (Å²) >= 11 is 0. The van der Waals surface area contributed by atoms with E-state index in [0.717, 1.165) is 11.4 Å². The quantitative estimate of drug-likeness (QED) is 0.760. The predicted molar refractivity (Wildman–Crippen MR) is 75.2 cm³/mol. The van der Waals surface area contributed by atoms with Crippen LogP contribution in [0.3, 0.4) is 0 Å². The summed E-state index contributed by atoms with van der Waals surface area (Å²) in [5.41, 5.74) is 1.15. The van der Waals surface area contributed by atoms with Crippen LogP contribution in [0.4, 0.5) is 0 Å². The molecule has 20 heavy (non-hydrogen) atoms. The summed E-state index contributed by atoms with van der Waals surface area (Å²) in [6, 6.07) is 5.86. The highest BCUT2D eigenvalue weighted by Crippen LogP contribution is 2.31. The van der Waals surface area contributed by atoms with Gasteiger partial charge in [-0.2, -0.15) is 0 Å². The van der Waals surface area contributed by atoms with Gasteiger partial charge in [-0.25, -0.2) is 0 Å². The first-order valence-corrected chi connectivity index (χ1v) is 7.07. The third-order valence-corrected chi connectivity index (χ3v) is 3.97. The number of carbonyl (C=O) groups is 1. The highest BCUT2D eigenvalue weighted by molar-refractivity contribution is 5.70. The van der Waals surface area contributed by atoms with E-state index in [-0.39, 0.29) is 5.92 Å². The number of hydrogen-bond acceptors (Lipinski definition) is 4. The summed E-state index contributed by atoms with van der Waals surface area (Å²) < 4.78 is 0. The minimum absolute atomic E-state index is 0.297. The Morgan fingerprint density at radius 2 is 2.15 bits per heavy atom. The van der Waals surface area contributed by atoms with Crippen molar-refractivity contribution in [3.05, 3.63) is 29.6 Å². The van der Waals surface area contributed by atoms with Crippen LogP contribution in [0.5, 0.6) is 0 Å². The summed E-state index contributed by atoms with van der Waals surface area (Å²) in [7, 11) is 0. The average molecular weight is 278 g/mol. The molecular formula is C15H22N2O3. The largest absolute Gasteiger partial charge is 0.481 e. The van der Waals surface area contributed by atoms with Crippen molar-refractivity contribution in [3.63, 3.8) is 0 Å². The van der Waals surface area contributed by atoms with Crippen LogP contribution < -0.4 is 5.32 Å². The fraction of sp³-hybridized carbons (Fsp3) is 0.600. The highest BCUT2D eigenvalue weighted by Gasteiger charge is 2.35. The molecule has 1 aromatic rings. The van der Waals surface area contributed by atoms with Gasteiger partial charge in [0.05, 0.1) is 17.2 Å². The van der Waals surface area contributed by atoms with E-state index < -0.39 is 11.6 Å². The second-order valence-electron chi connectivity index (χ2n) is 5.71. The van der Waals surface area contributed by atoms with Gasteiger partial charge in [-0.3, -0.25) is 9.78 Å². The molecule has 5 nitrogen and oxygen atoms in total. The zero-order valence-corrected chi connectivity index (χ0v) is 11.8. The number of rotatable bonds is 5. The molecule has 0 amide bonds. The average Bonchev–Trinajstić information content (AvgIpc) is 2.39. The van der Waals surface area contributed by atoms with Crippen molar-refractivity contribution in [1.82, 2.24) is 10.3 Å². The van der Waals surface area contributed by atoms with E-state index in [1.54, 1.807) is 0 Å². The molecule has 0 aliphatic heterocycles. The van der Waals surface area contributed by atoms with Crippen LogP contribution in [0.2, 0.25) is 0 Å². The Morgan fingerprint density at radius 3 is 2.75 bits per heavy atom. The van der Waals surface area contributed by atoms with Gasteiger partial charge in [0.25, 0.3) is 0 Å². The van der Waals surface area contributed by atoms with Crippen LogP contribution in [-0.4, -0.2) is 33.3 Å². The van der Waals surface area contributed by atoms with Crippen molar-refractivity contribution in [2.24, 2.45) is 5.92 Å². The normalized spacial score (nSPS) is 26.4. The second kappa shape index (κ2) is 6.33. The lowest BCUT2D eigenvalue weighted by Crippen LogP contribution is -2.44. The molecule has 1 aromatic heterocycles. The van der Waals surface area contributed by atoms with E-state index in [2.05, 4.69) is 10.3 Å². The Bertz CT molecular complexity index is 468. The molecule has 0 saturated heterocycles. The lowest BCUT2D eigenvalue weighted by molar-refractivity contribution is -0.144. The number of pyridine rings is 1. The molecule has 0 spiro atoms. The predicted octanol–water partition coefficient (Wildman–Crippen LogP) is 1.49. The molecule has 0 aromatic carbocycles. The Balaban J connectivity index is 1.78. The van der Waals surface area contributed by atoms with Gasteiger partial charge >= 0.3 is 5.97 Å². The minimum Gasteiger partial charge on any atom is -0.481 e. The minimum atomic E-state index is -0.782. The van der Waals surface area contributed by atoms with Gasteiger partial charge in [-0.15, -0.1) is 0 Å². The van der Waals surface area contributed by atoms with Crippen LogP contribution in [0.15, 0.2) is 18.2 Å². The molecule has 110 valence electrons. The van der Waals surface area contributed by atoms with Crippen LogP contribution in [-0.2, 0) is 11.3 Å².